The number of fused-ring (bicyclic) bond motifs is 1. The van der Waals surface area contributed by atoms with Gasteiger partial charge in [0.1, 0.15) is 5.70 Å². The number of ketones is 2. The highest BCUT2D eigenvalue weighted by molar-refractivity contribution is 8.04. The fourth-order valence-corrected chi connectivity index (χ4v) is 3.67. The third-order valence-electron chi connectivity index (χ3n) is 4.03. The first-order valence-corrected chi connectivity index (χ1v) is 9.59. The third-order valence-corrected chi connectivity index (χ3v) is 5.09. The number of carbonyl (C=O) groups excluding carboxylic acids is 3. The van der Waals surface area contributed by atoms with Crippen LogP contribution in [-0.4, -0.2) is 29.9 Å². The molecule has 0 heterocycles. The first-order valence-electron chi connectivity index (χ1n) is 8.60. The number of hydrogen-bond donors (Lipinski definition) is 1. The lowest BCUT2D eigenvalue weighted by molar-refractivity contribution is -0.139. The largest absolute Gasteiger partial charge is 0.465 e. The minimum atomic E-state index is -0.420. The van der Waals surface area contributed by atoms with Crippen molar-refractivity contribution in [3.05, 3.63) is 81.9 Å². The van der Waals surface area contributed by atoms with Gasteiger partial charge in [0.25, 0.3) is 0 Å². The van der Waals surface area contributed by atoms with Crippen molar-refractivity contribution in [2.75, 3.05) is 12.4 Å². The van der Waals surface area contributed by atoms with Crippen LogP contribution in [0, 0.1) is 0 Å². The van der Waals surface area contributed by atoms with Crippen molar-refractivity contribution < 1.29 is 19.1 Å². The second-order valence-corrected chi connectivity index (χ2v) is 6.83. The molecule has 0 aliphatic heterocycles. The number of benzene rings is 2. The van der Waals surface area contributed by atoms with Crippen LogP contribution >= 0.6 is 11.8 Å². The van der Waals surface area contributed by atoms with E-state index in [1.807, 2.05) is 30.3 Å². The Labute approximate surface area is 161 Å². The van der Waals surface area contributed by atoms with E-state index >= 15 is 0 Å². The predicted molar refractivity (Wildman–Crippen MR) is 105 cm³/mol. The number of hydrogen-bond acceptors (Lipinski definition) is 6. The monoisotopic (exact) mass is 381 g/mol. The highest BCUT2D eigenvalue weighted by Crippen LogP contribution is 2.32. The van der Waals surface area contributed by atoms with Gasteiger partial charge in [-0.2, -0.15) is 0 Å². The van der Waals surface area contributed by atoms with Gasteiger partial charge in [0.05, 0.1) is 17.3 Å². The molecule has 5 nitrogen and oxygen atoms in total. The molecule has 0 saturated heterocycles. The molecule has 27 heavy (non-hydrogen) atoms. The fraction of sp³-hybridized carbons (Fsp3) is 0.190. The average Bonchev–Trinajstić information content (AvgIpc) is 2.70. The summed E-state index contributed by atoms with van der Waals surface area (Å²) in [5.74, 6) is -0.944. The van der Waals surface area contributed by atoms with Gasteiger partial charge in [-0.3, -0.25) is 14.4 Å². The molecule has 0 aromatic heterocycles. The highest BCUT2D eigenvalue weighted by Gasteiger charge is 2.32. The molecule has 1 aliphatic rings. The topological polar surface area (TPSA) is 72.5 Å². The van der Waals surface area contributed by atoms with E-state index in [0.29, 0.717) is 17.7 Å². The van der Waals surface area contributed by atoms with Gasteiger partial charge in [0, 0.05) is 17.7 Å². The van der Waals surface area contributed by atoms with Crippen LogP contribution in [0.4, 0.5) is 0 Å². The molecular formula is C21H19NO4S. The maximum atomic E-state index is 13.0. The third kappa shape index (κ3) is 4.28. The van der Waals surface area contributed by atoms with Crippen LogP contribution in [0.25, 0.3) is 0 Å². The van der Waals surface area contributed by atoms with Gasteiger partial charge in [0.15, 0.2) is 0 Å². The molecule has 0 spiro atoms. The smallest absolute Gasteiger partial charge is 0.316 e. The van der Waals surface area contributed by atoms with Gasteiger partial charge in [-0.1, -0.05) is 54.6 Å². The summed E-state index contributed by atoms with van der Waals surface area (Å²) in [7, 11) is 0. The lowest BCUT2D eigenvalue weighted by Gasteiger charge is -2.21. The zero-order valence-electron chi connectivity index (χ0n) is 14.9. The average molecular weight is 381 g/mol. The summed E-state index contributed by atoms with van der Waals surface area (Å²) in [5, 5.41) is 3.10. The molecule has 3 rings (SSSR count). The molecule has 6 heteroatoms. The molecule has 0 fully saturated rings. The first-order chi connectivity index (χ1) is 13.1. The number of esters is 1. The molecule has 1 aliphatic carbocycles. The number of thioether (sulfide) groups is 1. The molecule has 0 atom stereocenters. The maximum absolute atomic E-state index is 13.0. The van der Waals surface area contributed by atoms with Crippen LogP contribution < -0.4 is 5.32 Å². The van der Waals surface area contributed by atoms with E-state index in [9.17, 15) is 14.4 Å². The van der Waals surface area contributed by atoms with Crippen molar-refractivity contribution >= 4 is 29.3 Å². The second-order valence-electron chi connectivity index (χ2n) is 5.84. The Hall–Kier alpha value is -2.86. The van der Waals surface area contributed by atoms with E-state index in [2.05, 4.69) is 5.32 Å². The standard InChI is InChI=1S/C21H19NO4S/c1-2-26-17(23)13-27-21-18(22-12-14-8-4-3-5-9-14)19(24)15-10-6-7-11-16(15)20(21)25/h3-11,22H,2,12-13H2,1H3. The SMILES string of the molecule is CCOC(=O)CSC1=C(NCc2ccccc2)C(=O)c2ccccc2C1=O. The molecule has 138 valence electrons. The summed E-state index contributed by atoms with van der Waals surface area (Å²) in [6, 6.07) is 16.3. The molecule has 0 unspecified atom stereocenters. The van der Waals surface area contributed by atoms with E-state index in [-0.39, 0.29) is 34.5 Å². The maximum Gasteiger partial charge on any atom is 0.316 e. The number of carbonyl (C=O) groups is 3. The van der Waals surface area contributed by atoms with E-state index in [0.717, 1.165) is 17.3 Å². The number of allylic oxidation sites excluding steroid dienone is 2. The Balaban J connectivity index is 1.90. The summed E-state index contributed by atoms with van der Waals surface area (Å²) in [6.45, 7) is 2.40. The second kappa shape index (κ2) is 8.68. The zero-order chi connectivity index (χ0) is 19.2. The Morgan fingerprint density at radius 2 is 1.59 bits per heavy atom. The highest BCUT2D eigenvalue weighted by atomic mass is 32.2. The van der Waals surface area contributed by atoms with Gasteiger partial charge >= 0.3 is 5.97 Å². The van der Waals surface area contributed by atoms with E-state index in [1.54, 1.807) is 31.2 Å². The van der Waals surface area contributed by atoms with Gasteiger partial charge in [-0.25, -0.2) is 0 Å². The van der Waals surface area contributed by atoms with Crippen molar-refractivity contribution in [2.24, 2.45) is 0 Å². The number of ether oxygens (including phenoxy) is 1. The summed E-state index contributed by atoms with van der Waals surface area (Å²) in [6.07, 6.45) is 0. The van der Waals surface area contributed by atoms with Crippen molar-refractivity contribution in [1.29, 1.82) is 0 Å². The molecule has 0 radical (unpaired) electrons. The summed E-state index contributed by atoms with van der Waals surface area (Å²) < 4.78 is 4.93. The van der Waals surface area contributed by atoms with E-state index in [1.165, 1.54) is 0 Å². The fourth-order valence-electron chi connectivity index (χ4n) is 2.77. The van der Waals surface area contributed by atoms with E-state index in [4.69, 9.17) is 4.74 Å². The molecule has 0 bridgehead atoms. The lowest BCUT2D eigenvalue weighted by Crippen LogP contribution is -2.29. The predicted octanol–water partition coefficient (Wildman–Crippen LogP) is 3.36. The first kappa shape index (κ1) is 18.9. The Bertz CT molecular complexity index is 905. The molecule has 1 N–H and O–H groups in total. The minimum Gasteiger partial charge on any atom is -0.465 e. The zero-order valence-corrected chi connectivity index (χ0v) is 15.7. The van der Waals surface area contributed by atoms with Crippen LogP contribution in [-0.2, 0) is 16.1 Å². The summed E-state index contributed by atoms with van der Waals surface area (Å²) in [4.78, 5) is 37.9. The Morgan fingerprint density at radius 3 is 2.26 bits per heavy atom. The number of nitrogens with one attached hydrogen (secondary N) is 1. The van der Waals surface area contributed by atoms with Crippen LogP contribution in [0.2, 0.25) is 0 Å². The van der Waals surface area contributed by atoms with Crippen molar-refractivity contribution in [3.8, 4) is 0 Å². The summed E-state index contributed by atoms with van der Waals surface area (Å²) in [5.41, 5.74) is 1.95. The van der Waals surface area contributed by atoms with E-state index < -0.39 is 5.97 Å². The molecule has 2 aromatic rings. The van der Waals surface area contributed by atoms with Crippen LogP contribution in [0.1, 0.15) is 33.2 Å². The lowest BCUT2D eigenvalue weighted by atomic mass is 9.92. The number of rotatable bonds is 7. The van der Waals surface area contributed by atoms with Crippen LogP contribution in [0.5, 0.6) is 0 Å². The van der Waals surface area contributed by atoms with Crippen LogP contribution in [0.3, 0.4) is 0 Å². The van der Waals surface area contributed by atoms with Crippen LogP contribution in [0.15, 0.2) is 65.2 Å². The van der Waals surface area contributed by atoms with Gasteiger partial charge < -0.3 is 10.1 Å². The van der Waals surface area contributed by atoms with Crippen molar-refractivity contribution in [3.63, 3.8) is 0 Å². The van der Waals surface area contributed by atoms with Gasteiger partial charge in [-0.05, 0) is 12.5 Å². The normalized spacial score (nSPS) is 13.4. The Kier molecular flexibility index (Phi) is 6.08. The molecular weight excluding hydrogens is 362 g/mol. The minimum absolute atomic E-state index is 0.0269. The molecule has 2 aromatic carbocycles. The molecule has 0 saturated carbocycles. The van der Waals surface area contributed by atoms with Crippen molar-refractivity contribution in [2.45, 2.75) is 13.5 Å². The quantitative estimate of drug-likeness (QED) is 0.742. The molecule has 0 amide bonds. The van der Waals surface area contributed by atoms with Gasteiger partial charge in [0.2, 0.25) is 11.6 Å². The summed E-state index contributed by atoms with van der Waals surface area (Å²) >= 11 is 1.04. The van der Waals surface area contributed by atoms with Crippen molar-refractivity contribution in [1.82, 2.24) is 5.32 Å². The number of Topliss-reactive ketones (excluding diaryl/α,β-unsaturated/α-hetero) is 2. The Morgan fingerprint density at radius 1 is 0.963 bits per heavy atom. The van der Waals surface area contributed by atoms with Gasteiger partial charge in [-0.15, -0.1) is 11.8 Å².